The predicted molar refractivity (Wildman–Crippen MR) is 66.2 cm³/mol. The maximum Gasteiger partial charge on any atom is 0.0973 e. The average Bonchev–Trinajstić information content (AvgIpc) is 2.29. The molecule has 94 valence electrons. The van der Waals surface area contributed by atoms with E-state index in [2.05, 4.69) is 6.58 Å². The summed E-state index contributed by atoms with van der Waals surface area (Å²) in [5.41, 5.74) is 0.914. The molecular formula is C13H24O3. The second kappa shape index (κ2) is 8.36. The van der Waals surface area contributed by atoms with Crippen molar-refractivity contribution < 1.29 is 14.6 Å². The number of aliphatic hydroxyl groups excluding tert-OH is 1. The molecule has 3 nitrogen and oxygen atoms in total. The molecule has 0 aliphatic rings. The fourth-order valence-corrected chi connectivity index (χ4v) is 1.19. The highest BCUT2D eigenvalue weighted by atomic mass is 16.5. The van der Waals surface area contributed by atoms with Crippen LogP contribution in [0.5, 0.6) is 0 Å². The number of aliphatic hydroxyl groups is 1. The van der Waals surface area contributed by atoms with Crippen molar-refractivity contribution in [2.45, 2.75) is 27.2 Å². The molecule has 1 unspecified atom stereocenters. The zero-order valence-electron chi connectivity index (χ0n) is 10.7. The Kier molecular flexibility index (Phi) is 7.95. The van der Waals surface area contributed by atoms with Crippen LogP contribution in [0.15, 0.2) is 24.5 Å². The van der Waals surface area contributed by atoms with E-state index in [4.69, 9.17) is 9.47 Å². The Labute approximate surface area is 98.8 Å². The highest BCUT2D eigenvalue weighted by Crippen LogP contribution is 2.22. The molecule has 0 rings (SSSR count). The molecule has 16 heavy (non-hydrogen) atoms. The van der Waals surface area contributed by atoms with Gasteiger partial charge in [0.15, 0.2) is 0 Å². The van der Waals surface area contributed by atoms with Crippen LogP contribution in [0.1, 0.15) is 27.2 Å². The average molecular weight is 228 g/mol. The monoisotopic (exact) mass is 228 g/mol. The molecular weight excluding hydrogens is 204 g/mol. The number of hydrogen-bond acceptors (Lipinski definition) is 3. The molecule has 0 aromatic heterocycles. The Bertz CT molecular complexity index is 213. The van der Waals surface area contributed by atoms with E-state index >= 15 is 0 Å². The van der Waals surface area contributed by atoms with Crippen molar-refractivity contribution >= 4 is 0 Å². The van der Waals surface area contributed by atoms with E-state index in [1.54, 1.807) is 0 Å². The van der Waals surface area contributed by atoms with Gasteiger partial charge in [0.1, 0.15) is 0 Å². The third kappa shape index (κ3) is 5.93. The molecule has 0 spiro atoms. The zero-order chi connectivity index (χ0) is 12.4. The van der Waals surface area contributed by atoms with Crippen molar-refractivity contribution in [3.05, 3.63) is 24.5 Å². The molecule has 1 N–H and O–H groups in total. The minimum atomic E-state index is -0.316. The van der Waals surface area contributed by atoms with Crippen molar-refractivity contribution in [1.82, 2.24) is 0 Å². The minimum absolute atomic E-state index is 0.0617. The summed E-state index contributed by atoms with van der Waals surface area (Å²) in [5, 5.41) is 9.40. The summed E-state index contributed by atoms with van der Waals surface area (Å²) in [6.07, 6.45) is 4.23. The largest absolute Gasteiger partial charge is 0.501 e. The Balaban J connectivity index is 4.10. The van der Waals surface area contributed by atoms with Gasteiger partial charge in [0, 0.05) is 0 Å². The molecule has 0 saturated carbocycles. The lowest BCUT2D eigenvalue weighted by molar-refractivity contribution is -0.0267. The second-order valence-electron chi connectivity index (χ2n) is 4.29. The SMILES string of the molecule is C=COCC(CC)(CO)COCC=C(C)C. The molecule has 0 aliphatic heterocycles. The van der Waals surface area contributed by atoms with Crippen molar-refractivity contribution in [2.75, 3.05) is 26.4 Å². The lowest BCUT2D eigenvalue weighted by Crippen LogP contribution is -2.35. The van der Waals surface area contributed by atoms with Gasteiger partial charge >= 0.3 is 0 Å². The van der Waals surface area contributed by atoms with Gasteiger partial charge in [-0.2, -0.15) is 0 Å². The maximum atomic E-state index is 9.40. The predicted octanol–water partition coefficient (Wildman–Crippen LogP) is 2.52. The first-order valence-electron chi connectivity index (χ1n) is 5.64. The van der Waals surface area contributed by atoms with Gasteiger partial charge in [-0.25, -0.2) is 0 Å². The molecule has 0 saturated heterocycles. The molecule has 0 amide bonds. The summed E-state index contributed by atoms with van der Waals surface area (Å²) in [6.45, 7) is 11.2. The highest BCUT2D eigenvalue weighted by Gasteiger charge is 2.28. The van der Waals surface area contributed by atoms with Crippen molar-refractivity contribution in [2.24, 2.45) is 5.41 Å². The first-order valence-corrected chi connectivity index (χ1v) is 5.64. The van der Waals surface area contributed by atoms with Gasteiger partial charge < -0.3 is 14.6 Å². The van der Waals surface area contributed by atoms with Crippen LogP contribution in [0.25, 0.3) is 0 Å². The van der Waals surface area contributed by atoms with E-state index in [-0.39, 0.29) is 12.0 Å². The van der Waals surface area contributed by atoms with Crippen LogP contribution in [-0.2, 0) is 9.47 Å². The number of rotatable bonds is 9. The first-order chi connectivity index (χ1) is 7.60. The Morgan fingerprint density at radius 2 is 2.06 bits per heavy atom. The van der Waals surface area contributed by atoms with Crippen molar-refractivity contribution in [3.63, 3.8) is 0 Å². The van der Waals surface area contributed by atoms with Crippen LogP contribution >= 0.6 is 0 Å². The molecule has 0 fully saturated rings. The quantitative estimate of drug-likeness (QED) is 0.374. The summed E-state index contributed by atoms with van der Waals surface area (Å²) < 4.78 is 10.7. The Hall–Kier alpha value is -0.800. The maximum absolute atomic E-state index is 9.40. The third-order valence-electron chi connectivity index (χ3n) is 2.61. The number of hydrogen-bond donors (Lipinski definition) is 1. The molecule has 0 heterocycles. The second-order valence-corrected chi connectivity index (χ2v) is 4.29. The fraction of sp³-hybridized carbons (Fsp3) is 0.692. The van der Waals surface area contributed by atoms with Crippen LogP contribution in [0.4, 0.5) is 0 Å². The van der Waals surface area contributed by atoms with Crippen molar-refractivity contribution in [3.8, 4) is 0 Å². The fourth-order valence-electron chi connectivity index (χ4n) is 1.19. The summed E-state index contributed by atoms with van der Waals surface area (Å²) in [4.78, 5) is 0. The van der Waals surface area contributed by atoms with Gasteiger partial charge in [-0.05, 0) is 20.3 Å². The van der Waals surface area contributed by atoms with E-state index in [0.717, 1.165) is 6.42 Å². The Morgan fingerprint density at radius 3 is 2.50 bits per heavy atom. The van der Waals surface area contributed by atoms with Crippen LogP contribution in [-0.4, -0.2) is 31.5 Å². The van der Waals surface area contributed by atoms with Crippen LogP contribution in [0.3, 0.4) is 0 Å². The van der Waals surface area contributed by atoms with Gasteiger partial charge in [0.2, 0.25) is 0 Å². The van der Waals surface area contributed by atoms with Crippen LogP contribution in [0, 0.1) is 5.41 Å². The standard InChI is InChI=1S/C13H24O3/c1-5-13(9-14,10-15-6-2)11-16-8-7-12(3)4/h6-7,14H,2,5,8-11H2,1,3-4H3. The Morgan fingerprint density at radius 1 is 1.38 bits per heavy atom. The molecule has 3 heteroatoms. The van der Waals surface area contributed by atoms with E-state index in [1.165, 1.54) is 11.8 Å². The van der Waals surface area contributed by atoms with Crippen LogP contribution in [0.2, 0.25) is 0 Å². The van der Waals surface area contributed by atoms with Crippen molar-refractivity contribution in [1.29, 1.82) is 0 Å². The lowest BCUT2D eigenvalue weighted by Gasteiger charge is -2.29. The normalized spacial score (nSPS) is 14.0. The topological polar surface area (TPSA) is 38.7 Å². The summed E-state index contributed by atoms with van der Waals surface area (Å²) in [7, 11) is 0. The van der Waals surface area contributed by atoms with Gasteiger partial charge in [-0.15, -0.1) is 0 Å². The number of ether oxygens (including phenoxy) is 2. The molecule has 0 bridgehead atoms. The van der Waals surface area contributed by atoms with E-state index in [0.29, 0.717) is 19.8 Å². The molecule has 0 aromatic carbocycles. The molecule has 0 aliphatic carbocycles. The zero-order valence-corrected chi connectivity index (χ0v) is 10.7. The van der Waals surface area contributed by atoms with Gasteiger partial charge in [-0.3, -0.25) is 0 Å². The van der Waals surface area contributed by atoms with E-state index in [9.17, 15) is 5.11 Å². The number of allylic oxidation sites excluding steroid dienone is 1. The first kappa shape index (κ1) is 15.2. The summed E-state index contributed by atoms with van der Waals surface area (Å²) >= 11 is 0. The molecule has 0 radical (unpaired) electrons. The smallest absolute Gasteiger partial charge is 0.0973 e. The van der Waals surface area contributed by atoms with Gasteiger partial charge in [0.05, 0.1) is 38.1 Å². The molecule has 1 atom stereocenters. The third-order valence-corrected chi connectivity index (χ3v) is 2.61. The molecule has 0 aromatic rings. The van der Waals surface area contributed by atoms with Gasteiger partial charge in [0.25, 0.3) is 0 Å². The summed E-state index contributed by atoms with van der Waals surface area (Å²) in [6, 6.07) is 0. The minimum Gasteiger partial charge on any atom is -0.501 e. The van der Waals surface area contributed by atoms with E-state index < -0.39 is 0 Å². The highest BCUT2D eigenvalue weighted by molar-refractivity contribution is 4.93. The lowest BCUT2D eigenvalue weighted by atomic mass is 9.88. The summed E-state index contributed by atoms with van der Waals surface area (Å²) in [5.74, 6) is 0. The van der Waals surface area contributed by atoms with Gasteiger partial charge in [-0.1, -0.05) is 25.2 Å². The van der Waals surface area contributed by atoms with E-state index in [1.807, 2.05) is 26.8 Å². The van der Waals surface area contributed by atoms with Crippen LogP contribution < -0.4 is 0 Å².